The maximum absolute atomic E-state index is 13.3. The normalized spacial score (nSPS) is 10.3. The monoisotopic (exact) mass is 247 g/mol. The van der Waals surface area contributed by atoms with Crippen molar-refractivity contribution in [3.05, 3.63) is 54.1 Å². The molecule has 2 aromatic rings. The Kier molecular flexibility index (Phi) is 3.74. The zero-order valence-electron chi connectivity index (χ0n) is 9.77. The highest BCUT2D eigenvalue weighted by Gasteiger charge is 2.06. The lowest BCUT2D eigenvalue weighted by molar-refractivity contribution is -0.116. The zero-order chi connectivity index (χ0) is 13.0. The van der Waals surface area contributed by atoms with Crippen LogP contribution in [0.2, 0.25) is 0 Å². The minimum Gasteiger partial charge on any atom is -0.345 e. The van der Waals surface area contributed by atoms with Gasteiger partial charge in [0.25, 0.3) is 0 Å². The number of nitrogens with one attached hydrogen (secondary N) is 1. The van der Waals surface area contributed by atoms with Crippen molar-refractivity contribution in [2.45, 2.75) is 13.1 Å². The summed E-state index contributed by atoms with van der Waals surface area (Å²) in [5, 5.41) is 2.52. The molecule has 94 valence electrons. The summed E-state index contributed by atoms with van der Waals surface area (Å²) in [4.78, 5) is 11.7. The third kappa shape index (κ3) is 2.95. The van der Waals surface area contributed by atoms with E-state index in [2.05, 4.69) is 5.32 Å². The fourth-order valence-electron chi connectivity index (χ4n) is 1.63. The van der Waals surface area contributed by atoms with E-state index in [1.54, 1.807) is 29.1 Å². The number of aromatic nitrogens is 1. The van der Waals surface area contributed by atoms with Gasteiger partial charge >= 0.3 is 0 Å². The van der Waals surface area contributed by atoms with Crippen LogP contribution < -0.4 is 11.1 Å². The Balaban J connectivity index is 1.99. The molecule has 18 heavy (non-hydrogen) atoms. The maximum atomic E-state index is 13.3. The molecule has 0 spiro atoms. The number of carbonyl (C=O) groups excluding carboxylic acids is 1. The summed E-state index contributed by atoms with van der Waals surface area (Å²) in [6.07, 6.45) is 3.56. The number of rotatable bonds is 4. The Bertz CT molecular complexity index is 551. The first-order chi connectivity index (χ1) is 8.69. The van der Waals surface area contributed by atoms with Crippen molar-refractivity contribution in [3.8, 4) is 0 Å². The van der Waals surface area contributed by atoms with Gasteiger partial charge in [-0.2, -0.15) is 0 Å². The van der Waals surface area contributed by atoms with E-state index in [4.69, 9.17) is 5.73 Å². The molecule has 0 atom stereocenters. The highest BCUT2D eigenvalue weighted by molar-refractivity contribution is 5.90. The summed E-state index contributed by atoms with van der Waals surface area (Å²) in [6.45, 7) is 0.566. The van der Waals surface area contributed by atoms with E-state index >= 15 is 0 Å². The number of hydrogen-bond acceptors (Lipinski definition) is 2. The second kappa shape index (κ2) is 5.46. The van der Waals surface area contributed by atoms with Gasteiger partial charge in [-0.1, -0.05) is 12.1 Å². The van der Waals surface area contributed by atoms with Gasteiger partial charge < -0.3 is 15.6 Å². The van der Waals surface area contributed by atoms with Crippen LogP contribution in [0.4, 0.5) is 10.1 Å². The van der Waals surface area contributed by atoms with Crippen molar-refractivity contribution in [1.29, 1.82) is 0 Å². The van der Waals surface area contributed by atoms with Crippen molar-refractivity contribution in [2.75, 3.05) is 5.32 Å². The fraction of sp³-hybridized carbons (Fsp3) is 0.154. The molecule has 1 amide bonds. The van der Waals surface area contributed by atoms with Gasteiger partial charge in [-0.3, -0.25) is 4.79 Å². The van der Waals surface area contributed by atoms with Crippen molar-refractivity contribution in [1.82, 2.24) is 4.57 Å². The van der Waals surface area contributed by atoms with Crippen molar-refractivity contribution in [2.24, 2.45) is 5.73 Å². The minimum absolute atomic E-state index is 0.133. The van der Waals surface area contributed by atoms with Crippen LogP contribution in [0.5, 0.6) is 0 Å². The summed E-state index contributed by atoms with van der Waals surface area (Å²) >= 11 is 0. The number of anilines is 1. The lowest BCUT2D eigenvalue weighted by Crippen LogP contribution is -2.18. The number of nitrogens with two attached hydrogens (primary N) is 1. The number of carbonyl (C=O) groups is 1. The molecule has 0 bridgehead atoms. The highest BCUT2D eigenvalue weighted by Crippen LogP contribution is 2.12. The second-order valence-corrected chi connectivity index (χ2v) is 3.92. The summed E-state index contributed by atoms with van der Waals surface area (Å²) in [5.74, 6) is -0.722. The van der Waals surface area contributed by atoms with Gasteiger partial charge in [0.2, 0.25) is 5.91 Å². The van der Waals surface area contributed by atoms with Crippen LogP contribution in [0.15, 0.2) is 42.7 Å². The van der Waals surface area contributed by atoms with Crippen LogP contribution in [0.3, 0.4) is 0 Å². The molecule has 1 aromatic carbocycles. The van der Waals surface area contributed by atoms with E-state index in [9.17, 15) is 9.18 Å². The Morgan fingerprint density at radius 2 is 2.11 bits per heavy atom. The lowest BCUT2D eigenvalue weighted by Gasteiger charge is -2.06. The molecule has 0 saturated carbocycles. The van der Waals surface area contributed by atoms with Gasteiger partial charge in [-0.05, 0) is 23.8 Å². The van der Waals surface area contributed by atoms with Gasteiger partial charge in [0.1, 0.15) is 12.4 Å². The predicted molar refractivity (Wildman–Crippen MR) is 67.4 cm³/mol. The van der Waals surface area contributed by atoms with Gasteiger partial charge in [0.05, 0.1) is 5.69 Å². The number of para-hydroxylation sites is 1. The number of hydrogen-bond donors (Lipinski definition) is 2. The quantitative estimate of drug-likeness (QED) is 0.864. The Labute approximate surface area is 104 Å². The predicted octanol–water partition coefficient (Wildman–Crippen LogP) is 1.72. The van der Waals surface area contributed by atoms with Crippen LogP contribution >= 0.6 is 0 Å². The summed E-state index contributed by atoms with van der Waals surface area (Å²) in [6, 6.07) is 7.91. The molecule has 0 fully saturated rings. The molecule has 1 heterocycles. The summed E-state index contributed by atoms with van der Waals surface area (Å²) in [7, 11) is 0. The van der Waals surface area contributed by atoms with Crippen molar-refractivity contribution >= 4 is 11.6 Å². The molecule has 3 N–H and O–H groups in total. The average molecular weight is 247 g/mol. The standard InChI is InChI=1S/C13H14FN3O/c14-11-3-1-2-4-12(11)16-13(18)9-17-6-5-10(7-15)8-17/h1-6,8H,7,9,15H2,(H,16,18). The molecule has 0 saturated heterocycles. The molecule has 4 nitrogen and oxygen atoms in total. The molecule has 0 unspecified atom stereocenters. The zero-order valence-corrected chi connectivity index (χ0v) is 9.77. The first kappa shape index (κ1) is 12.3. The third-order valence-corrected chi connectivity index (χ3v) is 2.52. The smallest absolute Gasteiger partial charge is 0.244 e. The molecule has 5 heteroatoms. The fourth-order valence-corrected chi connectivity index (χ4v) is 1.63. The van der Waals surface area contributed by atoms with Crippen molar-refractivity contribution < 1.29 is 9.18 Å². The molecule has 2 rings (SSSR count). The SMILES string of the molecule is NCc1ccn(CC(=O)Nc2ccccc2F)c1. The van der Waals surface area contributed by atoms with Crippen molar-refractivity contribution in [3.63, 3.8) is 0 Å². The number of nitrogens with zero attached hydrogens (tertiary/aromatic N) is 1. The van der Waals surface area contributed by atoms with Crippen LogP contribution in [-0.4, -0.2) is 10.5 Å². The van der Waals surface area contributed by atoms with E-state index in [0.29, 0.717) is 6.54 Å². The second-order valence-electron chi connectivity index (χ2n) is 3.92. The van der Waals surface area contributed by atoms with E-state index in [-0.39, 0.29) is 18.1 Å². The van der Waals surface area contributed by atoms with Gasteiger partial charge in [0, 0.05) is 18.9 Å². The van der Waals surface area contributed by atoms with Gasteiger partial charge in [0.15, 0.2) is 0 Å². The van der Waals surface area contributed by atoms with Crippen LogP contribution in [0.25, 0.3) is 0 Å². The molecule has 1 aromatic heterocycles. The van der Waals surface area contributed by atoms with Gasteiger partial charge in [-0.25, -0.2) is 4.39 Å². The molecular weight excluding hydrogens is 233 g/mol. The average Bonchev–Trinajstić information content (AvgIpc) is 2.80. The molecular formula is C13H14FN3O. The van der Waals surface area contributed by atoms with Gasteiger partial charge in [-0.15, -0.1) is 0 Å². The first-order valence-corrected chi connectivity index (χ1v) is 5.58. The molecule has 0 radical (unpaired) electrons. The highest BCUT2D eigenvalue weighted by atomic mass is 19.1. The number of benzene rings is 1. The summed E-state index contributed by atoms with van der Waals surface area (Å²) in [5.41, 5.74) is 6.62. The molecule has 0 aliphatic rings. The van der Waals surface area contributed by atoms with Crippen LogP contribution in [0, 0.1) is 5.82 Å². The number of amides is 1. The Morgan fingerprint density at radius 1 is 1.33 bits per heavy atom. The third-order valence-electron chi connectivity index (χ3n) is 2.52. The topological polar surface area (TPSA) is 60.0 Å². The maximum Gasteiger partial charge on any atom is 0.244 e. The van der Waals surface area contributed by atoms with E-state index < -0.39 is 5.82 Å². The largest absolute Gasteiger partial charge is 0.345 e. The van der Waals surface area contributed by atoms with E-state index in [0.717, 1.165) is 5.56 Å². The Hall–Kier alpha value is -2.14. The van der Waals surface area contributed by atoms with Crippen LogP contribution in [-0.2, 0) is 17.9 Å². The van der Waals surface area contributed by atoms with E-state index in [1.807, 2.05) is 6.07 Å². The van der Waals surface area contributed by atoms with E-state index in [1.165, 1.54) is 12.1 Å². The van der Waals surface area contributed by atoms with Crippen LogP contribution in [0.1, 0.15) is 5.56 Å². The summed E-state index contributed by atoms with van der Waals surface area (Å²) < 4.78 is 15.0. The minimum atomic E-state index is -0.444. The first-order valence-electron chi connectivity index (χ1n) is 5.58. The lowest BCUT2D eigenvalue weighted by atomic mass is 10.3. The molecule has 0 aliphatic heterocycles. The number of halogens is 1. The Morgan fingerprint density at radius 3 is 2.78 bits per heavy atom. The molecule has 0 aliphatic carbocycles.